The molecule has 4 amide bonds. The molecule has 1 rings (SSSR count). The van der Waals surface area contributed by atoms with Crippen molar-refractivity contribution in [1.82, 2.24) is 19.6 Å². The van der Waals surface area contributed by atoms with Crippen LogP contribution in [0.25, 0.3) is 0 Å². The minimum atomic E-state index is 0.117. The smallest absolute Gasteiger partial charge is 0.222 e. The van der Waals surface area contributed by atoms with Gasteiger partial charge in [-0.3, -0.25) is 19.2 Å². The summed E-state index contributed by atoms with van der Waals surface area (Å²) in [4.78, 5) is 57.5. The number of carbonyl (C=O) groups is 4. The second-order valence-electron chi connectivity index (χ2n) is 11.7. The number of hydrogen-bond donors (Lipinski definition) is 0. The zero-order valence-corrected chi connectivity index (χ0v) is 33.5. The van der Waals surface area contributed by atoms with Crippen LogP contribution in [-0.2, 0) is 19.2 Å². The number of carbonyl (C=O) groups excluding carboxylic acids is 4. The van der Waals surface area contributed by atoms with Crippen LogP contribution in [-0.4, -0.2) is 96.1 Å². The van der Waals surface area contributed by atoms with E-state index in [4.69, 9.17) is 0 Å². The van der Waals surface area contributed by atoms with Crippen LogP contribution in [0.15, 0.2) is 0 Å². The van der Waals surface area contributed by atoms with Crippen LogP contribution in [0.1, 0.15) is 179 Å². The number of nitrogens with zero attached hydrogens (tertiary/aromatic N) is 4. The summed E-state index contributed by atoms with van der Waals surface area (Å²) in [7, 11) is 0. The molecule has 47 heavy (non-hydrogen) atoms. The number of rotatable bonds is 13. The van der Waals surface area contributed by atoms with Crippen molar-refractivity contribution in [2.45, 2.75) is 179 Å². The standard InChI is InChI=1S/C27H50N4O4.C5H12.C3H8.2C2H6/c1-4-7-9-14-26(34)29-18-12-19-30(25(33)13-6-3)22-23-31(27(35)15-10-8-5-2)17-11-16-28(24-32)20-21-29;1-3-5-4-2;1-3-2;2*1-2/h24H,4-23H2,1-3H3;3-5H2,1-2H3;3H2,1-2H3;2*1-2H3. The summed E-state index contributed by atoms with van der Waals surface area (Å²) in [6.07, 6.45) is 15.9. The monoisotopic (exact) mass is 671 g/mol. The van der Waals surface area contributed by atoms with Crippen molar-refractivity contribution in [2.75, 3.05) is 52.4 Å². The lowest BCUT2D eigenvalue weighted by molar-refractivity contribution is -0.136. The quantitative estimate of drug-likeness (QED) is 0.144. The van der Waals surface area contributed by atoms with E-state index in [9.17, 15) is 19.2 Å². The highest BCUT2D eigenvalue weighted by Crippen LogP contribution is 2.10. The van der Waals surface area contributed by atoms with Crippen molar-refractivity contribution in [1.29, 1.82) is 0 Å². The summed E-state index contributed by atoms with van der Waals surface area (Å²) >= 11 is 0. The van der Waals surface area contributed by atoms with Crippen LogP contribution in [0.4, 0.5) is 0 Å². The second-order valence-corrected chi connectivity index (χ2v) is 11.7. The van der Waals surface area contributed by atoms with E-state index >= 15 is 0 Å². The van der Waals surface area contributed by atoms with Crippen molar-refractivity contribution >= 4 is 24.1 Å². The maximum atomic E-state index is 12.9. The summed E-state index contributed by atoms with van der Waals surface area (Å²) in [5.41, 5.74) is 0. The fourth-order valence-corrected chi connectivity index (χ4v) is 4.80. The first kappa shape index (κ1) is 51.7. The van der Waals surface area contributed by atoms with E-state index in [1.54, 1.807) is 4.90 Å². The fraction of sp³-hybridized carbons (Fsp3) is 0.897. The summed E-state index contributed by atoms with van der Waals surface area (Å²) in [6, 6.07) is 0. The van der Waals surface area contributed by atoms with Gasteiger partial charge in [0.15, 0.2) is 0 Å². The molecule has 1 fully saturated rings. The first-order valence-corrected chi connectivity index (χ1v) is 19.8. The van der Waals surface area contributed by atoms with Gasteiger partial charge in [0, 0.05) is 71.6 Å². The van der Waals surface area contributed by atoms with Gasteiger partial charge in [-0.2, -0.15) is 0 Å². The van der Waals surface area contributed by atoms with Crippen LogP contribution < -0.4 is 0 Å². The fourth-order valence-electron chi connectivity index (χ4n) is 4.80. The third kappa shape index (κ3) is 32.2. The molecule has 1 aliphatic rings. The van der Waals surface area contributed by atoms with Gasteiger partial charge in [-0.05, 0) is 32.1 Å². The molecule has 1 heterocycles. The van der Waals surface area contributed by atoms with Crippen molar-refractivity contribution < 1.29 is 19.2 Å². The minimum Gasteiger partial charge on any atom is -0.343 e. The average molecular weight is 671 g/mol. The topological polar surface area (TPSA) is 81.2 Å². The van der Waals surface area contributed by atoms with Crippen molar-refractivity contribution in [2.24, 2.45) is 0 Å². The lowest BCUT2D eigenvalue weighted by atomic mass is 10.1. The highest BCUT2D eigenvalue weighted by molar-refractivity contribution is 5.77. The van der Waals surface area contributed by atoms with Gasteiger partial charge in [0.05, 0.1) is 0 Å². The second kappa shape index (κ2) is 41.9. The van der Waals surface area contributed by atoms with Crippen LogP contribution in [0.2, 0.25) is 0 Å². The molecule has 0 unspecified atom stereocenters. The molecular formula is C39H82N4O4. The molecule has 0 N–H and O–H groups in total. The normalized spacial score (nSPS) is 13.9. The lowest BCUT2D eigenvalue weighted by Crippen LogP contribution is -2.45. The molecule has 0 aromatic carbocycles. The predicted molar refractivity (Wildman–Crippen MR) is 204 cm³/mol. The Labute approximate surface area is 293 Å². The molecule has 1 aliphatic heterocycles. The Balaban J connectivity index is -0.000000667. The molecule has 0 atom stereocenters. The molecule has 282 valence electrons. The van der Waals surface area contributed by atoms with Crippen LogP contribution in [0.3, 0.4) is 0 Å². The van der Waals surface area contributed by atoms with E-state index in [0.717, 1.165) is 51.4 Å². The van der Waals surface area contributed by atoms with Gasteiger partial charge in [0.2, 0.25) is 24.1 Å². The molecule has 0 aromatic rings. The molecule has 0 bridgehead atoms. The summed E-state index contributed by atoms with van der Waals surface area (Å²) in [5.74, 6) is 0.382. The molecule has 8 heteroatoms. The Morgan fingerprint density at radius 3 is 1.11 bits per heavy atom. The first-order chi connectivity index (χ1) is 22.8. The van der Waals surface area contributed by atoms with E-state index in [1.807, 2.05) is 49.3 Å². The Morgan fingerprint density at radius 2 is 0.787 bits per heavy atom. The largest absolute Gasteiger partial charge is 0.343 e. The van der Waals surface area contributed by atoms with E-state index < -0.39 is 0 Å². The first-order valence-electron chi connectivity index (χ1n) is 19.8. The third-order valence-electron chi connectivity index (χ3n) is 7.39. The number of hydrogen-bond acceptors (Lipinski definition) is 4. The Hall–Kier alpha value is -2.12. The van der Waals surface area contributed by atoms with Crippen LogP contribution in [0, 0.1) is 0 Å². The molecule has 0 spiro atoms. The van der Waals surface area contributed by atoms with Gasteiger partial charge in [0.1, 0.15) is 0 Å². The summed E-state index contributed by atoms with van der Waals surface area (Å²) in [6.45, 7) is 27.2. The molecule has 1 saturated heterocycles. The summed E-state index contributed by atoms with van der Waals surface area (Å²) in [5, 5.41) is 0. The zero-order chi connectivity index (χ0) is 36.7. The molecule has 8 nitrogen and oxygen atoms in total. The predicted octanol–water partition coefficient (Wildman–Crippen LogP) is 9.35. The van der Waals surface area contributed by atoms with E-state index in [2.05, 4.69) is 41.5 Å². The number of unbranched alkanes of at least 4 members (excludes halogenated alkanes) is 6. The van der Waals surface area contributed by atoms with Gasteiger partial charge in [-0.25, -0.2) is 0 Å². The van der Waals surface area contributed by atoms with Gasteiger partial charge in [-0.1, -0.05) is 128 Å². The molecule has 0 aliphatic carbocycles. The molecular weight excluding hydrogens is 588 g/mol. The zero-order valence-electron chi connectivity index (χ0n) is 33.5. The van der Waals surface area contributed by atoms with Crippen molar-refractivity contribution in [3.63, 3.8) is 0 Å². The van der Waals surface area contributed by atoms with E-state index in [1.165, 1.54) is 25.7 Å². The average Bonchev–Trinajstić information content (AvgIpc) is 3.08. The maximum Gasteiger partial charge on any atom is 0.222 e. The van der Waals surface area contributed by atoms with Gasteiger partial charge in [0.25, 0.3) is 0 Å². The molecule has 0 aromatic heterocycles. The van der Waals surface area contributed by atoms with E-state index in [-0.39, 0.29) is 17.7 Å². The lowest BCUT2D eigenvalue weighted by Gasteiger charge is -2.31. The Bertz CT molecular complexity index is 688. The molecule has 0 saturated carbocycles. The van der Waals surface area contributed by atoms with E-state index in [0.29, 0.717) is 84.5 Å². The number of amides is 4. The summed E-state index contributed by atoms with van der Waals surface area (Å²) < 4.78 is 0. The van der Waals surface area contributed by atoms with Gasteiger partial charge < -0.3 is 19.6 Å². The Morgan fingerprint density at radius 1 is 0.447 bits per heavy atom. The molecule has 0 radical (unpaired) electrons. The van der Waals surface area contributed by atoms with Gasteiger partial charge in [-0.15, -0.1) is 0 Å². The van der Waals surface area contributed by atoms with Crippen LogP contribution >= 0.6 is 0 Å². The van der Waals surface area contributed by atoms with Gasteiger partial charge >= 0.3 is 0 Å². The minimum absolute atomic E-state index is 0.117. The highest BCUT2D eigenvalue weighted by atomic mass is 16.2. The van der Waals surface area contributed by atoms with Crippen molar-refractivity contribution in [3.8, 4) is 0 Å². The van der Waals surface area contributed by atoms with Crippen LogP contribution in [0.5, 0.6) is 0 Å². The maximum absolute atomic E-state index is 12.9. The third-order valence-corrected chi connectivity index (χ3v) is 7.39. The highest BCUT2D eigenvalue weighted by Gasteiger charge is 2.20. The SMILES string of the molecule is CC.CC.CCC.CCCCC.CCCCCC(=O)N1CCCN(C(=O)CCC)CCN(C(=O)CCCCC)CCCN(C=O)CC1. The Kier molecular flexibility index (Phi) is 46.1. The van der Waals surface area contributed by atoms with Crippen molar-refractivity contribution in [3.05, 3.63) is 0 Å².